The van der Waals surface area contributed by atoms with Gasteiger partial charge in [-0.3, -0.25) is 9.59 Å². The Morgan fingerprint density at radius 2 is 1.95 bits per heavy atom. The number of ketones is 1. The molecule has 6 nitrogen and oxygen atoms in total. The molecule has 0 aliphatic carbocycles. The Balaban J connectivity index is 4.65. The number of rotatable bonds is 7. The van der Waals surface area contributed by atoms with E-state index in [2.05, 4.69) is 11.9 Å². The molecule has 0 bridgehead atoms. The summed E-state index contributed by atoms with van der Waals surface area (Å²) >= 11 is 0. The molecule has 19 heavy (non-hydrogen) atoms. The highest BCUT2D eigenvalue weighted by molar-refractivity contribution is 5.90. The fraction of sp³-hybridized carbons (Fsp3) is 0.615. The standard InChI is InChI=1S/C13H22N2O4/c1-5-9(16)6-7-10(15-11(17)8-14)12(18)19-13(2,3)4/h5,10H,1,6-8,14H2,2-4H3,(H,15,17). The number of ether oxygens (including phenoxy) is 1. The summed E-state index contributed by atoms with van der Waals surface area (Å²) in [7, 11) is 0. The third kappa shape index (κ3) is 8.10. The van der Waals surface area contributed by atoms with E-state index < -0.39 is 23.5 Å². The minimum Gasteiger partial charge on any atom is -0.458 e. The third-order valence-corrected chi connectivity index (χ3v) is 2.12. The predicted molar refractivity (Wildman–Crippen MR) is 71.3 cm³/mol. The molecule has 0 aromatic rings. The van der Waals surface area contributed by atoms with Crippen LogP contribution in [0.1, 0.15) is 33.6 Å². The van der Waals surface area contributed by atoms with E-state index in [9.17, 15) is 14.4 Å². The summed E-state index contributed by atoms with van der Waals surface area (Å²) in [4.78, 5) is 34.3. The van der Waals surface area contributed by atoms with Crippen molar-refractivity contribution >= 4 is 17.7 Å². The van der Waals surface area contributed by atoms with E-state index in [0.29, 0.717) is 0 Å². The topological polar surface area (TPSA) is 98.5 Å². The highest BCUT2D eigenvalue weighted by Gasteiger charge is 2.26. The fourth-order valence-corrected chi connectivity index (χ4v) is 1.26. The number of hydrogen-bond donors (Lipinski definition) is 2. The molecule has 108 valence electrons. The smallest absolute Gasteiger partial charge is 0.329 e. The molecular weight excluding hydrogens is 248 g/mol. The number of nitrogens with one attached hydrogen (secondary N) is 1. The van der Waals surface area contributed by atoms with Crippen LogP contribution in [0, 0.1) is 0 Å². The van der Waals surface area contributed by atoms with Crippen molar-refractivity contribution in [3.05, 3.63) is 12.7 Å². The van der Waals surface area contributed by atoms with Crippen LogP contribution in [0.5, 0.6) is 0 Å². The summed E-state index contributed by atoms with van der Waals surface area (Å²) in [5.74, 6) is -1.25. The average molecular weight is 270 g/mol. The quantitative estimate of drug-likeness (QED) is 0.512. The Labute approximate surface area is 113 Å². The predicted octanol–water partition coefficient (Wildman–Crippen LogP) is 0.307. The van der Waals surface area contributed by atoms with Crippen molar-refractivity contribution < 1.29 is 19.1 Å². The molecule has 0 heterocycles. The third-order valence-electron chi connectivity index (χ3n) is 2.12. The molecule has 0 aromatic carbocycles. The maximum Gasteiger partial charge on any atom is 0.329 e. The van der Waals surface area contributed by atoms with Crippen LogP contribution < -0.4 is 11.1 Å². The Morgan fingerprint density at radius 1 is 1.37 bits per heavy atom. The van der Waals surface area contributed by atoms with Gasteiger partial charge < -0.3 is 15.8 Å². The second-order valence-corrected chi connectivity index (χ2v) is 5.07. The summed E-state index contributed by atoms with van der Waals surface area (Å²) in [5.41, 5.74) is 4.52. The second-order valence-electron chi connectivity index (χ2n) is 5.07. The van der Waals surface area contributed by atoms with E-state index in [1.165, 1.54) is 6.08 Å². The molecule has 0 aromatic heterocycles. The van der Waals surface area contributed by atoms with Crippen LogP contribution in [0.25, 0.3) is 0 Å². The maximum absolute atomic E-state index is 11.9. The zero-order valence-corrected chi connectivity index (χ0v) is 11.7. The van der Waals surface area contributed by atoms with Gasteiger partial charge in [-0.15, -0.1) is 0 Å². The van der Waals surface area contributed by atoms with Crippen molar-refractivity contribution in [3.8, 4) is 0 Å². The summed E-state index contributed by atoms with van der Waals surface area (Å²) < 4.78 is 5.18. The summed E-state index contributed by atoms with van der Waals surface area (Å²) in [6.45, 7) is 8.29. The number of carbonyl (C=O) groups is 3. The fourth-order valence-electron chi connectivity index (χ4n) is 1.26. The first-order chi connectivity index (χ1) is 8.69. The maximum atomic E-state index is 11.9. The van der Waals surface area contributed by atoms with Gasteiger partial charge in [0.1, 0.15) is 11.6 Å². The lowest BCUT2D eigenvalue weighted by atomic mass is 10.1. The monoisotopic (exact) mass is 270 g/mol. The molecule has 0 aliphatic heterocycles. The van der Waals surface area contributed by atoms with Gasteiger partial charge in [-0.1, -0.05) is 6.58 Å². The molecule has 6 heteroatoms. The number of esters is 1. The number of allylic oxidation sites excluding steroid dienone is 1. The normalized spacial score (nSPS) is 12.4. The van der Waals surface area contributed by atoms with Crippen LogP contribution in [-0.4, -0.2) is 35.8 Å². The van der Waals surface area contributed by atoms with E-state index in [0.717, 1.165) is 0 Å². The second kappa shape index (κ2) is 7.68. The van der Waals surface area contributed by atoms with Gasteiger partial charge in [0.05, 0.1) is 6.54 Å². The van der Waals surface area contributed by atoms with Crippen molar-refractivity contribution in [2.24, 2.45) is 5.73 Å². The molecule has 0 aliphatic rings. The number of nitrogens with two attached hydrogens (primary N) is 1. The van der Waals surface area contributed by atoms with E-state index in [-0.39, 0.29) is 25.2 Å². The Kier molecular flexibility index (Phi) is 7.00. The molecular formula is C13H22N2O4. The van der Waals surface area contributed by atoms with Crippen LogP contribution in [0.2, 0.25) is 0 Å². The first-order valence-electron chi connectivity index (χ1n) is 6.07. The van der Waals surface area contributed by atoms with E-state index in [1.54, 1.807) is 20.8 Å². The average Bonchev–Trinajstić information content (AvgIpc) is 2.31. The zero-order chi connectivity index (χ0) is 15.1. The van der Waals surface area contributed by atoms with Crippen molar-refractivity contribution in [1.29, 1.82) is 0 Å². The SMILES string of the molecule is C=CC(=O)CCC(NC(=O)CN)C(=O)OC(C)(C)C. The van der Waals surface area contributed by atoms with Gasteiger partial charge >= 0.3 is 5.97 Å². The molecule has 0 radical (unpaired) electrons. The molecule has 1 atom stereocenters. The van der Waals surface area contributed by atoms with Crippen molar-refractivity contribution in [2.45, 2.75) is 45.3 Å². The van der Waals surface area contributed by atoms with E-state index in [1.807, 2.05) is 0 Å². The largest absolute Gasteiger partial charge is 0.458 e. The number of hydrogen-bond acceptors (Lipinski definition) is 5. The van der Waals surface area contributed by atoms with Gasteiger partial charge in [0.15, 0.2) is 5.78 Å². The van der Waals surface area contributed by atoms with Crippen LogP contribution in [-0.2, 0) is 19.1 Å². The Hall–Kier alpha value is -1.69. The van der Waals surface area contributed by atoms with Gasteiger partial charge in [-0.25, -0.2) is 4.79 Å². The Bertz CT molecular complexity index is 358. The summed E-state index contributed by atoms with van der Waals surface area (Å²) in [5, 5.41) is 2.44. The van der Waals surface area contributed by atoms with E-state index >= 15 is 0 Å². The van der Waals surface area contributed by atoms with Crippen LogP contribution >= 0.6 is 0 Å². The minimum atomic E-state index is -0.876. The highest BCUT2D eigenvalue weighted by atomic mass is 16.6. The number of amides is 1. The Morgan fingerprint density at radius 3 is 2.37 bits per heavy atom. The first-order valence-corrected chi connectivity index (χ1v) is 6.07. The lowest BCUT2D eigenvalue weighted by molar-refractivity contribution is -0.158. The minimum absolute atomic E-state index is 0.109. The lowest BCUT2D eigenvalue weighted by Gasteiger charge is -2.24. The van der Waals surface area contributed by atoms with Gasteiger partial charge in [-0.2, -0.15) is 0 Å². The molecule has 0 rings (SSSR count). The molecule has 1 unspecified atom stereocenters. The van der Waals surface area contributed by atoms with Crippen LogP contribution in [0.4, 0.5) is 0 Å². The molecule has 3 N–H and O–H groups in total. The van der Waals surface area contributed by atoms with E-state index in [4.69, 9.17) is 10.5 Å². The number of carbonyl (C=O) groups excluding carboxylic acids is 3. The highest BCUT2D eigenvalue weighted by Crippen LogP contribution is 2.11. The molecule has 0 spiro atoms. The van der Waals surface area contributed by atoms with Crippen molar-refractivity contribution in [2.75, 3.05) is 6.54 Å². The van der Waals surface area contributed by atoms with Crippen LogP contribution in [0.3, 0.4) is 0 Å². The van der Waals surface area contributed by atoms with Gasteiger partial charge in [-0.05, 0) is 33.3 Å². The first kappa shape index (κ1) is 17.3. The van der Waals surface area contributed by atoms with Crippen LogP contribution in [0.15, 0.2) is 12.7 Å². The van der Waals surface area contributed by atoms with Gasteiger partial charge in [0.2, 0.25) is 5.91 Å². The summed E-state index contributed by atoms with van der Waals surface area (Å²) in [6, 6.07) is -0.876. The molecule has 0 saturated carbocycles. The summed E-state index contributed by atoms with van der Waals surface area (Å²) in [6.07, 6.45) is 1.45. The lowest BCUT2D eigenvalue weighted by Crippen LogP contribution is -2.46. The zero-order valence-electron chi connectivity index (χ0n) is 11.7. The molecule has 1 amide bonds. The molecule has 0 fully saturated rings. The van der Waals surface area contributed by atoms with Gasteiger partial charge in [0, 0.05) is 6.42 Å². The van der Waals surface area contributed by atoms with Crippen molar-refractivity contribution in [1.82, 2.24) is 5.32 Å². The van der Waals surface area contributed by atoms with Gasteiger partial charge in [0.25, 0.3) is 0 Å². The van der Waals surface area contributed by atoms with Crippen molar-refractivity contribution in [3.63, 3.8) is 0 Å². The molecule has 0 saturated heterocycles.